The van der Waals surface area contributed by atoms with Crippen molar-refractivity contribution in [2.24, 2.45) is 5.41 Å². The maximum absolute atomic E-state index is 12.5. The summed E-state index contributed by atoms with van der Waals surface area (Å²) < 4.78 is 16.3. The molecular weight excluding hydrogens is 410 g/mol. The summed E-state index contributed by atoms with van der Waals surface area (Å²) in [7, 11) is 1.39. The highest BCUT2D eigenvalue weighted by molar-refractivity contribution is 5.90. The number of piperidine rings is 1. The lowest BCUT2D eigenvalue weighted by atomic mass is 9.74. The summed E-state index contributed by atoms with van der Waals surface area (Å²) in [5.41, 5.74) is 0.848. The van der Waals surface area contributed by atoms with E-state index < -0.39 is 5.60 Å². The third-order valence-corrected chi connectivity index (χ3v) is 6.20. The molecule has 0 aromatic carbocycles. The maximum atomic E-state index is 12.5. The van der Waals surface area contributed by atoms with Gasteiger partial charge in [-0.15, -0.1) is 0 Å². The minimum Gasteiger partial charge on any atom is -0.478 e. The van der Waals surface area contributed by atoms with Gasteiger partial charge in [-0.3, -0.25) is 0 Å². The Morgan fingerprint density at radius 1 is 1.16 bits per heavy atom. The molecule has 2 bridgehead atoms. The van der Waals surface area contributed by atoms with Crippen molar-refractivity contribution in [3.63, 3.8) is 0 Å². The number of methoxy groups -OCH3 is 1. The summed E-state index contributed by atoms with van der Waals surface area (Å²) in [6.07, 6.45) is 5.06. The first-order chi connectivity index (χ1) is 15.2. The van der Waals surface area contributed by atoms with E-state index >= 15 is 0 Å². The summed E-state index contributed by atoms with van der Waals surface area (Å²) in [6.45, 7) is 9.41. The van der Waals surface area contributed by atoms with Gasteiger partial charge >= 0.3 is 12.1 Å². The first kappa shape index (κ1) is 24.3. The van der Waals surface area contributed by atoms with Gasteiger partial charge in [-0.25, -0.2) is 14.6 Å². The van der Waals surface area contributed by atoms with Crippen LogP contribution in [0.5, 0.6) is 5.88 Å². The molecule has 3 heterocycles. The quantitative estimate of drug-likeness (QED) is 0.658. The van der Waals surface area contributed by atoms with E-state index in [1.165, 1.54) is 7.11 Å². The molecule has 0 unspecified atom stereocenters. The van der Waals surface area contributed by atoms with Gasteiger partial charge in [0.2, 0.25) is 5.88 Å². The number of amides is 1. The average molecular weight is 448 g/mol. The topological polar surface area (TPSA) is 90.0 Å². The van der Waals surface area contributed by atoms with Crippen LogP contribution in [-0.4, -0.2) is 67.4 Å². The molecule has 1 N–H and O–H groups in total. The molecule has 32 heavy (non-hydrogen) atoms. The van der Waals surface area contributed by atoms with Gasteiger partial charge in [0.15, 0.2) is 0 Å². The van der Waals surface area contributed by atoms with Crippen LogP contribution in [-0.2, 0) is 15.9 Å². The monoisotopic (exact) mass is 447 g/mol. The summed E-state index contributed by atoms with van der Waals surface area (Å²) in [6, 6.07) is 3.48. The van der Waals surface area contributed by atoms with Crippen LogP contribution >= 0.6 is 0 Å². The average Bonchev–Trinajstić information content (AvgIpc) is 2.75. The Morgan fingerprint density at radius 3 is 2.59 bits per heavy atom. The third-order valence-electron chi connectivity index (χ3n) is 6.20. The van der Waals surface area contributed by atoms with Crippen LogP contribution in [0.1, 0.15) is 68.9 Å². The number of ether oxygens (including phenoxy) is 3. The van der Waals surface area contributed by atoms with Crippen LogP contribution in [0.3, 0.4) is 0 Å². The Morgan fingerprint density at radius 2 is 1.91 bits per heavy atom. The van der Waals surface area contributed by atoms with Gasteiger partial charge in [0.1, 0.15) is 5.60 Å². The van der Waals surface area contributed by atoms with Gasteiger partial charge in [0, 0.05) is 25.7 Å². The zero-order valence-corrected chi connectivity index (χ0v) is 19.9. The molecule has 2 aliphatic rings. The number of carbonyl (C=O) groups is 2. The molecule has 1 amide bonds. The molecule has 0 aliphatic carbocycles. The Balaban J connectivity index is 1.69. The SMILES string of the molecule is COC(=O)c1ccc2nc1CCCC1(CCN(C(=O)OC(C)(C)C)CC1)CNCCCO2. The smallest absolute Gasteiger partial charge is 0.410 e. The van der Waals surface area contributed by atoms with E-state index in [1.807, 2.05) is 25.7 Å². The molecule has 3 rings (SSSR count). The molecule has 8 nitrogen and oxygen atoms in total. The van der Waals surface area contributed by atoms with Crippen LogP contribution in [0, 0.1) is 5.41 Å². The Bertz CT molecular complexity index is 797. The number of nitrogens with zero attached hydrogens (tertiary/aromatic N) is 2. The van der Waals surface area contributed by atoms with Gasteiger partial charge < -0.3 is 24.4 Å². The van der Waals surface area contributed by atoms with Crippen molar-refractivity contribution >= 4 is 12.1 Å². The molecule has 1 saturated heterocycles. The Hall–Kier alpha value is -2.35. The van der Waals surface area contributed by atoms with Crippen LogP contribution in [0.2, 0.25) is 0 Å². The highest BCUT2D eigenvalue weighted by Gasteiger charge is 2.36. The van der Waals surface area contributed by atoms with Crippen LogP contribution in [0.25, 0.3) is 0 Å². The fourth-order valence-electron chi connectivity index (χ4n) is 4.41. The Labute approximate surface area is 191 Å². The molecular formula is C24H37N3O5. The molecule has 0 saturated carbocycles. The largest absolute Gasteiger partial charge is 0.478 e. The van der Waals surface area contributed by atoms with Crippen molar-refractivity contribution in [2.45, 2.75) is 64.9 Å². The summed E-state index contributed by atoms with van der Waals surface area (Å²) >= 11 is 0. The molecule has 0 atom stereocenters. The van der Waals surface area contributed by atoms with Crippen molar-refractivity contribution in [1.82, 2.24) is 15.2 Å². The van der Waals surface area contributed by atoms with Gasteiger partial charge in [0.25, 0.3) is 0 Å². The minimum atomic E-state index is -0.486. The number of hydrogen-bond donors (Lipinski definition) is 1. The number of pyridine rings is 1. The standard InChI is InChI=1S/C24H37N3O5/c1-23(2,3)32-22(29)27-14-11-24(12-15-27)10-5-7-19-18(21(28)30-4)8-9-20(26-19)31-16-6-13-25-17-24/h8-9,25H,5-7,10-17H2,1-4H3. The van der Waals surface area contributed by atoms with Crippen LogP contribution in [0.15, 0.2) is 12.1 Å². The zero-order valence-electron chi connectivity index (χ0n) is 19.9. The van der Waals surface area contributed by atoms with Crippen molar-refractivity contribution in [1.29, 1.82) is 0 Å². The highest BCUT2D eigenvalue weighted by atomic mass is 16.6. The second kappa shape index (κ2) is 10.5. The second-order valence-corrected chi connectivity index (χ2v) is 9.84. The van der Waals surface area contributed by atoms with Crippen LogP contribution in [0.4, 0.5) is 4.79 Å². The van der Waals surface area contributed by atoms with Crippen molar-refractivity contribution in [3.05, 3.63) is 23.4 Å². The number of likely N-dealkylation sites (tertiary alicyclic amines) is 1. The number of nitrogens with one attached hydrogen (secondary N) is 1. The summed E-state index contributed by atoms with van der Waals surface area (Å²) in [5, 5.41) is 3.60. The van der Waals surface area contributed by atoms with E-state index in [1.54, 1.807) is 12.1 Å². The lowest BCUT2D eigenvalue weighted by molar-refractivity contribution is 0.00863. The van der Waals surface area contributed by atoms with E-state index in [0.717, 1.165) is 50.9 Å². The number of carbonyl (C=O) groups excluding carboxylic acids is 2. The zero-order chi connectivity index (χ0) is 23.2. The van der Waals surface area contributed by atoms with E-state index in [-0.39, 0.29) is 17.5 Å². The maximum Gasteiger partial charge on any atom is 0.410 e. The Kier molecular flexibility index (Phi) is 7.98. The minimum absolute atomic E-state index is 0.108. The number of fused-ring (bicyclic) bond motifs is 2. The van der Waals surface area contributed by atoms with Crippen molar-refractivity contribution in [3.8, 4) is 5.88 Å². The molecule has 8 heteroatoms. The van der Waals surface area contributed by atoms with Crippen molar-refractivity contribution < 1.29 is 23.8 Å². The summed E-state index contributed by atoms with van der Waals surface area (Å²) in [4.78, 5) is 31.1. The first-order valence-electron chi connectivity index (χ1n) is 11.6. The first-order valence-corrected chi connectivity index (χ1v) is 11.6. The van der Waals surface area contributed by atoms with Crippen molar-refractivity contribution in [2.75, 3.05) is 39.9 Å². The van der Waals surface area contributed by atoms with Gasteiger partial charge in [0.05, 0.1) is 25.0 Å². The summed E-state index contributed by atoms with van der Waals surface area (Å²) in [5.74, 6) is 0.178. The number of aromatic nitrogens is 1. The van der Waals surface area contributed by atoms with E-state index in [4.69, 9.17) is 14.2 Å². The second-order valence-electron chi connectivity index (χ2n) is 9.84. The van der Waals surface area contributed by atoms with Gasteiger partial charge in [-0.1, -0.05) is 0 Å². The number of esters is 1. The van der Waals surface area contributed by atoms with Gasteiger partial charge in [-0.05, 0) is 77.3 Å². The number of rotatable bonds is 1. The van der Waals surface area contributed by atoms with E-state index in [2.05, 4.69) is 10.3 Å². The van der Waals surface area contributed by atoms with Gasteiger partial charge in [-0.2, -0.15) is 0 Å². The molecule has 0 radical (unpaired) electrons. The number of aryl methyl sites for hydroxylation is 1. The molecule has 1 fully saturated rings. The third kappa shape index (κ3) is 6.58. The lowest BCUT2D eigenvalue weighted by Gasteiger charge is -2.42. The highest BCUT2D eigenvalue weighted by Crippen LogP contribution is 2.37. The molecule has 1 aromatic rings. The lowest BCUT2D eigenvalue weighted by Crippen LogP contribution is -2.48. The fourth-order valence-corrected chi connectivity index (χ4v) is 4.41. The molecule has 178 valence electrons. The predicted molar refractivity (Wildman–Crippen MR) is 121 cm³/mol. The predicted octanol–water partition coefficient (Wildman–Crippen LogP) is 3.58. The molecule has 1 aromatic heterocycles. The van der Waals surface area contributed by atoms with E-state index in [0.29, 0.717) is 37.6 Å². The molecule has 2 aliphatic heterocycles. The fraction of sp³-hybridized carbons (Fsp3) is 0.708. The number of hydrogen-bond acceptors (Lipinski definition) is 7. The van der Waals surface area contributed by atoms with Crippen LogP contribution < -0.4 is 10.1 Å². The normalized spacial score (nSPS) is 19.7. The molecule has 1 spiro atoms. The van der Waals surface area contributed by atoms with E-state index in [9.17, 15) is 9.59 Å².